The molecule has 1 aromatic carbocycles. The van der Waals surface area contributed by atoms with Crippen molar-refractivity contribution in [1.29, 1.82) is 0 Å². The Bertz CT molecular complexity index is 754. The lowest BCUT2D eigenvalue weighted by Crippen LogP contribution is -1.99. The molecule has 4 heteroatoms. The van der Waals surface area contributed by atoms with E-state index in [2.05, 4.69) is 9.55 Å². The lowest BCUT2D eigenvalue weighted by molar-refractivity contribution is 0.101. The van der Waals surface area contributed by atoms with E-state index >= 15 is 0 Å². The lowest BCUT2D eigenvalue weighted by atomic mass is 10.1. The van der Waals surface area contributed by atoms with Gasteiger partial charge in [0.1, 0.15) is 11.6 Å². The quantitative estimate of drug-likeness (QED) is 0.683. The Morgan fingerprint density at radius 3 is 2.85 bits per heavy atom. The molecule has 0 radical (unpaired) electrons. The molecule has 0 aliphatic rings. The van der Waals surface area contributed by atoms with Gasteiger partial charge in [0.15, 0.2) is 5.78 Å². The van der Waals surface area contributed by atoms with Crippen molar-refractivity contribution < 1.29 is 9.21 Å². The van der Waals surface area contributed by atoms with E-state index in [4.69, 9.17) is 4.42 Å². The summed E-state index contributed by atoms with van der Waals surface area (Å²) < 4.78 is 7.41. The van der Waals surface area contributed by atoms with Crippen molar-refractivity contribution in [3.8, 4) is 0 Å². The third kappa shape index (κ3) is 2.25. The summed E-state index contributed by atoms with van der Waals surface area (Å²) in [5, 5.41) is 0. The molecule has 3 aromatic rings. The highest BCUT2D eigenvalue weighted by molar-refractivity contribution is 5.97. The number of rotatable bonds is 4. The van der Waals surface area contributed by atoms with Gasteiger partial charge >= 0.3 is 0 Å². The molecular weight excluding hydrogens is 252 g/mol. The van der Waals surface area contributed by atoms with Crippen molar-refractivity contribution in [3.05, 3.63) is 53.7 Å². The summed E-state index contributed by atoms with van der Waals surface area (Å²) in [5.41, 5.74) is 2.62. The van der Waals surface area contributed by atoms with E-state index in [-0.39, 0.29) is 5.78 Å². The predicted octanol–water partition coefficient (Wildman–Crippen LogP) is 3.15. The van der Waals surface area contributed by atoms with Gasteiger partial charge in [0.25, 0.3) is 0 Å². The second-order valence-electron chi connectivity index (χ2n) is 4.93. The van der Waals surface area contributed by atoms with Gasteiger partial charge in [0, 0.05) is 25.5 Å². The summed E-state index contributed by atoms with van der Waals surface area (Å²) >= 11 is 0. The van der Waals surface area contributed by atoms with E-state index in [9.17, 15) is 4.79 Å². The summed E-state index contributed by atoms with van der Waals surface area (Å²) in [6, 6.07) is 9.52. The SMILES string of the molecule is CC(=O)c1ccc2c(c1)nc(CCc1ccco1)n2C. The Balaban J connectivity index is 1.91. The molecule has 4 nitrogen and oxygen atoms in total. The van der Waals surface area contributed by atoms with Gasteiger partial charge in [-0.3, -0.25) is 4.79 Å². The van der Waals surface area contributed by atoms with E-state index in [0.29, 0.717) is 5.56 Å². The summed E-state index contributed by atoms with van der Waals surface area (Å²) in [4.78, 5) is 16.0. The summed E-state index contributed by atoms with van der Waals surface area (Å²) in [5.74, 6) is 2.02. The van der Waals surface area contributed by atoms with Crippen LogP contribution in [0, 0.1) is 0 Å². The zero-order valence-corrected chi connectivity index (χ0v) is 11.6. The Kier molecular flexibility index (Phi) is 3.14. The molecule has 0 N–H and O–H groups in total. The maximum absolute atomic E-state index is 11.4. The van der Waals surface area contributed by atoms with E-state index < -0.39 is 0 Å². The molecule has 0 aliphatic heterocycles. The van der Waals surface area contributed by atoms with Gasteiger partial charge in [-0.1, -0.05) is 0 Å². The minimum absolute atomic E-state index is 0.0645. The number of furan rings is 1. The van der Waals surface area contributed by atoms with Gasteiger partial charge in [-0.25, -0.2) is 4.98 Å². The molecule has 2 heterocycles. The summed E-state index contributed by atoms with van der Waals surface area (Å²) in [7, 11) is 2.00. The highest BCUT2D eigenvalue weighted by atomic mass is 16.3. The highest BCUT2D eigenvalue weighted by Crippen LogP contribution is 2.18. The first kappa shape index (κ1) is 12.7. The van der Waals surface area contributed by atoms with E-state index in [1.807, 2.05) is 37.4 Å². The second-order valence-corrected chi connectivity index (χ2v) is 4.93. The third-order valence-corrected chi connectivity index (χ3v) is 3.56. The molecule has 0 bridgehead atoms. The molecule has 20 heavy (non-hydrogen) atoms. The highest BCUT2D eigenvalue weighted by Gasteiger charge is 2.10. The fraction of sp³-hybridized carbons (Fsp3) is 0.250. The third-order valence-electron chi connectivity index (χ3n) is 3.56. The molecule has 0 atom stereocenters. The van der Waals surface area contributed by atoms with Gasteiger partial charge < -0.3 is 8.98 Å². The average Bonchev–Trinajstić information content (AvgIpc) is 3.04. The van der Waals surface area contributed by atoms with Crippen molar-refractivity contribution in [2.45, 2.75) is 19.8 Å². The number of carbonyl (C=O) groups is 1. The van der Waals surface area contributed by atoms with Crippen LogP contribution in [0.3, 0.4) is 0 Å². The summed E-state index contributed by atoms with van der Waals surface area (Å²) in [6.45, 7) is 1.57. The molecule has 0 aliphatic carbocycles. The smallest absolute Gasteiger partial charge is 0.159 e. The van der Waals surface area contributed by atoms with Crippen LogP contribution in [0.5, 0.6) is 0 Å². The van der Waals surface area contributed by atoms with Gasteiger partial charge in [-0.2, -0.15) is 0 Å². The molecule has 0 saturated heterocycles. The number of imidazole rings is 1. The topological polar surface area (TPSA) is 48.0 Å². The Hall–Kier alpha value is -2.36. The van der Waals surface area contributed by atoms with E-state index in [1.165, 1.54) is 0 Å². The molecule has 0 spiro atoms. The van der Waals surface area contributed by atoms with Crippen LogP contribution in [0.4, 0.5) is 0 Å². The maximum atomic E-state index is 11.4. The molecule has 0 unspecified atom stereocenters. The minimum atomic E-state index is 0.0645. The summed E-state index contributed by atoms with van der Waals surface area (Å²) in [6.07, 6.45) is 3.32. The molecule has 0 saturated carbocycles. The average molecular weight is 268 g/mol. The largest absolute Gasteiger partial charge is 0.469 e. The molecule has 3 rings (SSSR count). The lowest BCUT2D eigenvalue weighted by Gasteiger charge is -2.01. The Morgan fingerprint density at radius 1 is 1.30 bits per heavy atom. The zero-order chi connectivity index (χ0) is 14.1. The van der Waals surface area contributed by atoms with Gasteiger partial charge in [-0.05, 0) is 37.3 Å². The van der Waals surface area contributed by atoms with Crippen LogP contribution < -0.4 is 0 Å². The predicted molar refractivity (Wildman–Crippen MR) is 76.8 cm³/mol. The standard InChI is InChI=1S/C16H16N2O2/c1-11(19)12-5-7-15-14(10-12)17-16(18(15)2)8-6-13-4-3-9-20-13/h3-5,7,9-10H,6,8H2,1-2H3. The molecule has 102 valence electrons. The van der Waals surface area contributed by atoms with Crippen LogP contribution in [0.2, 0.25) is 0 Å². The van der Waals surface area contributed by atoms with E-state index in [1.54, 1.807) is 13.2 Å². The van der Waals surface area contributed by atoms with Crippen molar-refractivity contribution in [1.82, 2.24) is 9.55 Å². The Morgan fingerprint density at radius 2 is 2.15 bits per heavy atom. The maximum Gasteiger partial charge on any atom is 0.159 e. The number of aryl methyl sites for hydroxylation is 3. The van der Waals surface area contributed by atoms with Crippen LogP contribution in [0.1, 0.15) is 28.9 Å². The van der Waals surface area contributed by atoms with Crippen LogP contribution in [-0.2, 0) is 19.9 Å². The molecule has 0 amide bonds. The van der Waals surface area contributed by atoms with Crippen molar-refractivity contribution in [2.24, 2.45) is 7.05 Å². The minimum Gasteiger partial charge on any atom is -0.469 e. The fourth-order valence-corrected chi connectivity index (χ4v) is 2.38. The number of hydrogen-bond acceptors (Lipinski definition) is 3. The molecule has 0 fully saturated rings. The van der Waals surface area contributed by atoms with Crippen LogP contribution in [0.15, 0.2) is 41.0 Å². The fourth-order valence-electron chi connectivity index (χ4n) is 2.38. The van der Waals surface area contributed by atoms with Crippen LogP contribution in [0.25, 0.3) is 11.0 Å². The van der Waals surface area contributed by atoms with Crippen molar-refractivity contribution >= 4 is 16.8 Å². The number of fused-ring (bicyclic) bond motifs is 1. The molecule has 2 aromatic heterocycles. The number of ketones is 1. The zero-order valence-electron chi connectivity index (χ0n) is 11.6. The van der Waals surface area contributed by atoms with E-state index in [0.717, 1.165) is 35.5 Å². The Labute approximate surface area is 117 Å². The monoisotopic (exact) mass is 268 g/mol. The first-order chi connectivity index (χ1) is 9.65. The molecular formula is C16H16N2O2. The number of benzene rings is 1. The van der Waals surface area contributed by atoms with Crippen LogP contribution >= 0.6 is 0 Å². The van der Waals surface area contributed by atoms with Gasteiger partial charge in [-0.15, -0.1) is 0 Å². The number of carbonyl (C=O) groups excluding carboxylic acids is 1. The number of nitrogens with zero attached hydrogens (tertiary/aromatic N) is 2. The number of Topliss-reactive ketones (excluding diaryl/α,β-unsaturated/α-hetero) is 1. The number of aromatic nitrogens is 2. The van der Waals surface area contributed by atoms with Gasteiger partial charge in [0.05, 0.1) is 17.3 Å². The van der Waals surface area contributed by atoms with Crippen LogP contribution in [-0.4, -0.2) is 15.3 Å². The normalized spacial score (nSPS) is 11.1. The van der Waals surface area contributed by atoms with Crippen molar-refractivity contribution in [3.63, 3.8) is 0 Å². The first-order valence-electron chi connectivity index (χ1n) is 6.64. The second kappa shape index (κ2) is 4.96. The number of hydrogen-bond donors (Lipinski definition) is 0. The van der Waals surface area contributed by atoms with Gasteiger partial charge in [0.2, 0.25) is 0 Å². The van der Waals surface area contributed by atoms with Crippen molar-refractivity contribution in [2.75, 3.05) is 0 Å². The first-order valence-corrected chi connectivity index (χ1v) is 6.64.